The standard InChI is InChI=1S/C14H18Cl2O2/c1-3-5-12(17)7-4-6-10-8-11(15)9-13(16)14(10)18-2/h8-9H,3-7H2,1-2H3. The molecule has 0 amide bonds. The highest BCUT2D eigenvalue weighted by molar-refractivity contribution is 6.35. The zero-order chi connectivity index (χ0) is 13.5. The minimum absolute atomic E-state index is 0.310. The molecule has 1 rings (SSSR count). The van der Waals surface area contributed by atoms with Crippen molar-refractivity contribution in [3.05, 3.63) is 27.7 Å². The lowest BCUT2D eigenvalue weighted by Gasteiger charge is -2.10. The van der Waals surface area contributed by atoms with Gasteiger partial charge in [0.05, 0.1) is 12.1 Å². The van der Waals surface area contributed by atoms with Gasteiger partial charge in [-0.3, -0.25) is 4.79 Å². The summed E-state index contributed by atoms with van der Waals surface area (Å²) in [7, 11) is 1.58. The normalized spacial score (nSPS) is 10.4. The molecular weight excluding hydrogens is 271 g/mol. The van der Waals surface area contributed by atoms with Gasteiger partial charge in [0.2, 0.25) is 0 Å². The van der Waals surface area contributed by atoms with E-state index in [-0.39, 0.29) is 0 Å². The summed E-state index contributed by atoms with van der Waals surface area (Å²) in [6.45, 7) is 2.01. The van der Waals surface area contributed by atoms with Crippen LogP contribution in [-0.4, -0.2) is 12.9 Å². The Bertz CT molecular complexity index is 417. The van der Waals surface area contributed by atoms with Crippen molar-refractivity contribution in [1.82, 2.24) is 0 Å². The van der Waals surface area contributed by atoms with Crippen molar-refractivity contribution in [3.63, 3.8) is 0 Å². The molecule has 0 spiro atoms. The number of hydrogen-bond acceptors (Lipinski definition) is 2. The first-order chi connectivity index (χ1) is 8.58. The number of carbonyl (C=O) groups is 1. The van der Waals surface area contributed by atoms with Crippen molar-refractivity contribution in [2.75, 3.05) is 7.11 Å². The number of carbonyl (C=O) groups excluding carboxylic acids is 1. The molecule has 18 heavy (non-hydrogen) atoms. The molecule has 0 N–H and O–H groups in total. The second kappa shape index (κ2) is 7.65. The number of benzene rings is 1. The third kappa shape index (κ3) is 4.51. The number of ketones is 1. The molecule has 2 nitrogen and oxygen atoms in total. The van der Waals surface area contributed by atoms with Crippen molar-refractivity contribution in [2.24, 2.45) is 0 Å². The van der Waals surface area contributed by atoms with Crippen LogP contribution in [-0.2, 0) is 11.2 Å². The Morgan fingerprint density at radius 2 is 2.00 bits per heavy atom. The number of aryl methyl sites for hydroxylation is 1. The lowest BCUT2D eigenvalue weighted by molar-refractivity contribution is -0.119. The Balaban J connectivity index is 2.64. The van der Waals surface area contributed by atoms with Crippen molar-refractivity contribution in [3.8, 4) is 5.75 Å². The van der Waals surface area contributed by atoms with Gasteiger partial charge in [-0.1, -0.05) is 30.1 Å². The van der Waals surface area contributed by atoms with E-state index in [4.69, 9.17) is 27.9 Å². The van der Waals surface area contributed by atoms with Gasteiger partial charge in [0.1, 0.15) is 11.5 Å². The van der Waals surface area contributed by atoms with E-state index in [1.807, 2.05) is 13.0 Å². The fourth-order valence-corrected chi connectivity index (χ4v) is 2.52. The maximum atomic E-state index is 11.4. The Hall–Kier alpha value is -0.730. The Kier molecular flexibility index (Phi) is 6.51. The molecule has 0 saturated carbocycles. The molecule has 0 aliphatic carbocycles. The van der Waals surface area contributed by atoms with E-state index in [0.717, 1.165) is 24.8 Å². The molecule has 0 radical (unpaired) electrons. The van der Waals surface area contributed by atoms with Crippen LogP contribution < -0.4 is 4.74 Å². The molecule has 0 heterocycles. The fraction of sp³-hybridized carbons (Fsp3) is 0.500. The summed E-state index contributed by atoms with van der Waals surface area (Å²) in [6, 6.07) is 3.50. The van der Waals surface area contributed by atoms with E-state index in [1.54, 1.807) is 13.2 Å². The lowest BCUT2D eigenvalue weighted by Crippen LogP contribution is -1.99. The first-order valence-corrected chi connectivity index (χ1v) is 6.87. The van der Waals surface area contributed by atoms with Crippen LogP contribution in [0.3, 0.4) is 0 Å². The molecule has 1 aromatic rings. The number of rotatable bonds is 7. The van der Waals surface area contributed by atoms with Gasteiger partial charge in [-0.25, -0.2) is 0 Å². The fourth-order valence-electron chi connectivity index (χ4n) is 1.91. The van der Waals surface area contributed by atoms with E-state index in [9.17, 15) is 4.79 Å². The summed E-state index contributed by atoms with van der Waals surface area (Å²) in [5.74, 6) is 0.966. The molecule has 0 unspecified atom stereocenters. The Labute approximate surface area is 118 Å². The Morgan fingerprint density at radius 1 is 1.28 bits per heavy atom. The molecule has 0 atom stereocenters. The van der Waals surface area contributed by atoms with Crippen molar-refractivity contribution in [1.29, 1.82) is 0 Å². The molecule has 0 aliphatic rings. The summed E-state index contributed by atoms with van der Waals surface area (Å²) < 4.78 is 5.26. The van der Waals surface area contributed by atoms with Gasteiger partial charge in [0.25, 0.3) is 0 Å². The van der Waals surface area contributed by atoms with E-state index in [2.05, 4.69) is 0 Å². The summed E-state index contributed by atoms with van der Waals surface area (Å²) >= 11 is 12.0. The van der Waals surface area contributed by atoms with Gasteiger partial charge in [-0.15, -0.1) is 0 Å². The van der Waals surface area contributed by atoms with Crippen LogP contribution in [0.4, 0.5) is 0 Å². The van der Waals surface area contributed by atoms with Crippen LogP contribution in [0.5, 0.6) is 5.75 Å². The molecule has 0 aromatic heterocycles. The summed E-state index contributed by atoms with van der Waals surface area (Å²) in [4.78, 5) is 11.4. The van der Waals surface area contributed by atoms with Crippen LogP contribution in [0.15, 0.2) is 12.1 Å². The average Bonchev–Trinajstić information content (AvgIpc) is 2.28. The number of ether oxygens (including phenoxy) is 1. The predicted octanol–water partition coefficient (Wildman–Crippen LogP) is 4.69. The maximum Gasteiger partial charge on any atom is 0.140 e. The molecule has 0 aliphatic heterocycles. The second-order valence-electron chi connectivity index (χ2n) is 4.22. The molecule has 4 heteroatoms. The van der Waals surface area contributed by atoms with E-state index in [1.165, 1.54) is 0 Å². The second-order valence-corrected chi connectivity index (χ2v) is 5.07. The highest BCUT2D eigenvalue weighted by Gasteiger charge is 2.10. The van der Waals surface area contributed by atoms with Gasteiger partial charge in [-0.05, 0) is 37.0 Å². The Morgan fingerprint density at radius 3 is 2.61 bits per heavy atom. The minimum Gasteiger partial charge on any atom is -0.495 e. The number of hydrogen-bond donors (Lipinski definition) is 0. The van der Waals surface area contributed by atoms with Crippen molar-refractivity contribution in [2.45, 2.75) is 39.0 Å². The molecule has 0 bridgehead atoms. The van der Waals surface area contributed by atoms with Gasteiger partial charge >= 0.3 is 0 Å². The van der Waals surface area contributed by atoms with E-state index >= 15 is 0 Å². The molecule has 1 aromatic carbocycles. The number of methoxy groups -OCH3 is 1. The van der Waals surface area contributed by atoms with Gasteiger partial charge < -0.3 is 4.74 Å². The topological polar surface area (TPSA) is 26.3 Å². The van der Waals surface area contributed by atoms with E-state index in [0.29, 0.717) is 34.4 Å². The van der Waals surface area contributed by atoms with Gasteiger partial charge in [-0.2, -0.15) is 0 Å². The highest BCUT2D eigenvalue weighted by Crippen LogP contribution is 2.33. The molecular formula is C14H18Cl2O2. The highest BCUT2D eigenvalue weighted by atomic mass is 35.5. The third-order valence-corrected chi connectivity index (χ3v) is 3.22. The predicted molar refractivity (Wildman–Crippen MR) is 75.9 cm³/mol. The first-order valence-electron chi connectivity index (χ1n) is 6.12. The quantitative estimate of drug-likeness (QED) is 0.727. The van der Waals surface area contributed by atoms with Crippen LogP contribution in [0.25, 0.3) is 0 Å². The van der Waals surface area contributed by atoms with Crippen LogP contribution in [0.2, 0.25) is 10.0 Å². The summed E-state index contributed by atoms with van der Waals surface area (Å²) in [5.41, 5.74) is 0.958. The molecule has 100 valence electrons. The smallest absolute Gasteiger partial charge is 0.140 e. The van der Waals surface area contributed by atoms with Gasteiger partial charge in [0.15, 0.2) is 0 Å². The minimum atomic E-state index is 0.310. The summed E-state index contributed by atoms with van der Waals surface area (Å²) in [6.07, 6.45) is 3.71. The largest absolute Gasteiger partial charge is 0.495 e. The van der Waals surface area contributed by atoms with Crippen LogP contribution in [0, 0.1) is 0 Å². The lowest BCUT2D eigenvalue weighted by atomic mass is 10.0. The van der Waals surface area contributed by atoms with Crippen LogP contribution in [0.1, 0.15) is 38.2 Å². The van der Waals surface area contributed by atoms with E-state index < -0.39 is 0 Å². The van der Waals surface area contributed by atoms with Crippen molar-refractivity contribution >= 4 is 29.0 Å². The zero-order valence-corrected chi connectivity index (χ0v) is 12.3. The first kappa shape index (κ1) is 15.3. The third-order valence-electron chi connectivity index (χ3n) is 2.72. The maximum absolute atomic E-state index is 11.4. The molecule has 0 fully saturated rings. The van der Waals surface area contributed by atoms with Crippen molar-refractivity contribution < 1.29 is 9.53 Å². The zero-order valence-electron chi connectivity index (χ0n) is 10.8. The number of halogens is 2. The SMILES string of the molecule is CCCC(=O)CCCc1cc(Cl)cc(Cl)c1OC. The number of Topliss-reactive ketones (excluding diaryl/α,β-unsaturated/α-hetero) is 1. The average molecular weight is 289 g/mol. The summed E-state index contributed by atoms with van der Waals surface area (Å²) in [5, 5.41) is 1.11. The van der Waals surface area contributed by atoms with Crippen LogP contribution >= 0.6 is 23.2 Å². The molecule has 0 saturated heterocycles. The monoisotopic (exact) mass is 288 g/mol. The van der Waals surface area contributed by atoms with Gasteiger partial charge in [0, 0.05) is 17.9 Å².